The van der Waals surface area contributed by atoms with Crippen LogP contribution < -0.4 is 9.62 Å². The third kappa shape index (κ3) is 5.50. The lowest BCUT2D eigenvalue weighted by Crippen LogP contribution is -2.31. The molecular weight excluding hydrogens is 448 g/mol. The van der Waals surface area contributed by atoms with E-state index in [0.717, 1.165) is 47.3 Å². The number of hydrogen-bond donors (Lipinski definition) is 1. The van der Waals surface area contributed by atoms with Crippen LogP contribution in [0.25, 0.3) is 0 Å². The molecule has 0 fully saturated rings. The van der Waals surface area contributed by atoms with Gasteiger partial charge in [0.2, 0.25) is 15.9 Å². The predicted octanol–water partition coefficient (Wildman–Crippen LogP) is 4.22. The largest absolute Gasteiger partial charge is 0.465 e. The van der Waals surface area contributed by atoms with E-state index in [1.807, 2.05) is 26.0 Å². The molecule has 0 saturated carbocycles. The van der Waals surface area contributed by atoms with Crippen molar-refractivity contribution < 1.29 is 22.7 Å². The number of esters is 1. The second kappa shape index (κ2) is 10.0. The minimum Gasteiger partial charge on any atom is -0.465 e. The van der Waals surface area contributed by atoms with E-state index in [-0.39, 0.29) is 18.9 Å². The van der Waals surface area contributed by atoms with Gasteiger partial charge >= 0.3 is 5.97 Å². The third-order valence-corrected chi connectivity index (χ3v) is 8.16. The van der Waals surface area contributed by atoms with E-state index in [9.17, 15) is 18.0 Å². The molecule has 0 saturated heterocycles. The number of ether oxygens (including phenoxy) is 1. The molecule has 2 aromatic rings. The van der Waals surface area contributed by atoms with Gasteiger partial charge in [0.25, 0.3) is 0 Å². The van der Waals surface area contributed by atoms with E-state index < -0.39 is 16.0 Å². The quantitative estimate of drug-likeness (QED) is 0.574. The highest BCUT2D eigenvalue weighted by atomic mass is 32.2. The first-order chi connectivity index (χ1) is 15.1. The Morgan fingerprint density at radius 2 is 1.88 bits per heavy atom. The summed E-state index contributed by atoms with van der Waals surface area (Å²) in [5.41, 5.74) is 4.14. The number of nitrogens with one attached hydrogen (secondary N) is 1. The standard InChI is InChI=1S/C23H30N2O5S2/c1-15-11-12-17(14-16(15)2)25(32(4,28)29)13-7-10-20(26)24-22-21(23(27)30-3)18-8-5-6-9-19(18)31-22/h11-12,14H,5-10,13H2,1-4H3,(H,24,26). The molecule has 7 nitrogen and oxygen atoms in total. The number of fused-ring (bicyclic) bond motifs is 1. The van der Waals surface area contributed by atoms with E-state index in [1.165, 1.54) is 29.0 Å². The third-order valence-electron chi connectivity index (χ3n) is 5.76. The van der Waals surface area contributed by atoms with Gasteiger partial charge in [-0.2, -0.15) is 0 Å². The minimum absolute atomic E-state index is 0.139. The monoisotopic (exact) mass is 478 g/mol. The van der Waals surface area contributed by atoms with E-state index in [1.54, 1.807) is 6.07 Å². The molecule has 1 N–H and O–H groups in total. The molecule has 1 aromatic carbocycles. The van der Waals surface area contributed by atoms with Gasteiger partial charge in [0.1, 0.15) is 5.00 Å². The molecule has 0 spiro atoms. The molecule has 0 atom stereocenters. The van der Waals surface area contributed by atoms with Gasteiger partial charge < -0.3 is 10.1 Å². The van der Waals surface area contributed by atoms with Gasteiger partial charge in [-0.3, -0.25) is 9.10 Å². The molecule has 1 heterocycles. The highest BCUT2D eigenvalue weighted by molar-refractivity contribution is 7.92. The van der Waals surface area contributed by atoms with Crippen LogP contribution in [0, 0.1) is 13.8 Å². The number of carbonyl (C=O) groups excluding carboxylic acids is 2. The van der Waals surface area contributed by atoms with Gasteiger partial charge in [-0.25, -0.2) is 13.2 Å². The maximum absolute atomic E-state index is 12.6. The number of rotatable bonds is 8. The summed E-state index contributed by atoms with van der Waals surface area (Å²) in [6.45, 7) is 4.10. The van der Waals surface area contributed by atoms with Crippen molar-refractivity contribution in [2.24, 2.45) is 0 Å². The first-order valence-corrected chi connectivity index (χ1v) is 13.4. The fourth-order valence-electron chi connectivity index (χ4n) is 3.91. The van der Waals surface area contributed by atoms with Crippen molar-refractivity contribution >= 4 is 43.9 Å². The molecule has 1 aliphatic carbocycles. The molecule has 1 amide bonds. The molecule has 0 radical (unpaired) electrons. The number of amides is 1. The average Bonchev–Trinajstić information content (AvgIpc) is 3.09. The van der Waals surface area contributed by atoms with Crippen molar-refractivity contribution in [3.63, 3.8) is 0 Å². The van der Waals surface area contributed by atoms with Crippen LogP contribution in [0.5, 0.6) is 0 Å². The summed E-state index contributed by atoms with van der Waals surface area (Å²) in [5.74, 6) is -0.681. The summed E-state index contributed by atoms with van der Waals surface area (Å²) in [6, 6.07) is 5.51. The van der Waals surface area contributed by atoms with Crippen LogP contribution in [-0.2, 0) is 32.4 Å². The normalized spacial score (nSPS) is 13.4. The van der Waals surface area contributed by atoms with Crippen molar-refractivity contribution in [2.75, 3.05) is 29.5 Å². The first-order valence-electron chi connectivity index (χ1n) is 10.7. The van der Waals surface area contributed by atoms with Crippen molar-refractivity contribution in [3.05, 3.63) is 45.3 Å². The van der Waals surface area contributed by atoms with Crippen LogP contribution in [0.2, 0.25) is 0 Å². The number of hydrogen-bond acceptors (Lipinski definition) is 6. The van der Waals surface area contributed by atoms with Crippen molar-refractivity contribution in [3.8, 4) is 0 Å². The van der Waals surface area contributed by atoms with Gasteiger partial charge in [-0.15, -0.1) is 11.3 Å². The second-order valence-electron chi connectivity index (χ2n) is 8.16. The van der Waals surface area contributed by atoms with E-state index in [2.05, 4.69) is 5.32 Å². The fraction of sp³-hybridized carbons (Fsp3) is 0.478. The number of thiophene rings is 1. The summed E-state index contributed by atoms with van der Waals surface area (Å²) >= 11 is 1.44. The van der Waals surface area contributed by atoms with Gasteiger partial charge in [0.05, 0.1) is 24.6 Å². The second-order valence-corrected chi connectivity index (χ2v) is 11.2. The lowest BCUT2D eigenvalue weighted by atomic mass is 9.95. The predicted molar refractivity (Wildman–Crippen MR) is 128 cm³/mol. The molecule has 0 unspecified atom stereocenters. The lowest BCUT2D eigenvalue weighted by Gasteiger charge is -2.23. The molecule has 3 rings (SSSR count). The molecule has 1 aliphatic rings. The molecular formula is C23H30N2O5S2. The zero-order valence-electron chi connectivity index (χ0n) is 19.0. The van der Waals surface area contributed by atoms with Crippen LogP contribution in [0.4, 0.5) is 10.7 Å². The maximum atomic E-state index is 12.6. The van der Waals surface area contributed by atoms with Crippen molar-refractivity contribution in [2.45, 2.75) is 52.4 Å². The van der Waals surface area contributed by atoms with Crippen LogP contribution in [0.3, 0.4) is 0 Å². The summed E-state index contributed by atoms with van der Waals surface area (Å²) in [7, 11) is -2.14. The van der Waals surface area contributed by atoms with Gasteiger partial charge in [0, 0.05) is 17.8 Å². The Bertz CT molecular complexity index is 1120. The Balaban J connectivity index is 1.68. The Labute approximate surface area is 193 Å². The van der Waals surface area contributed by atoms with Crippen LogP contribution >= 0.6 is 11.3 Å². The van der Waals surface area contributed by atoms with Crippen molar-refractivity contribution in [1.29, 1.82) is 0 Å². The van der Waals surface area contributed by atoms with E-state index in [0.29, 0.717) is 22.7 Å². The minimum atomic E-state index is -3.49. The van der Waals surface area contributed by atoms with Gasteiger partial charge in [0.15, 0.2) is 0 Å². The number of nitrogens with zero attached hydrogens (tertiary/aromatic N) is 1. The maximum Gasteiger partial charge on any atom is 0.341 e. The topological polar surface area (TPSA) is 92.8 Å². The van der Waals surface area contributed by atoms with Gasteiger partial charge in [-0.05, 0) is 74.8 Å². The Morgan fingerprint density at radius 1 is 1.16 bits per heavy atom. The Kier molecular flexibility index (Phi) is 7.61. The number of aryl methyl sites for hydroxylation is 3. The molecule has 1 aromatic heterocycles. The molecule has 174 valence electrons. The first kappa shape index (κ1) is 24.3. The lowest BCUT2D eigenvalue weighted by molar-refractivity contribution is -0.116. The summed E-state index contributed by atoms with van der Waals surface area (Å²) in [5, 5.41) is 3.39. The highest BCUT2D eigenvalue weighted by Gasteiger charge is 2.27. The Morgan fingerprint density at radius 3 is 2.53 bits per heavy atom. The zero-order valence-corrected chi connectivity index (χ0v) is 20.6. The van der Waals surface area contributed by atoms with E-state index >= 15 is 0 Å². The smallest absolute Gasteiger partial charge is 0.341 e. The van der Waals surface area contributed by atoms with Crippen LogP contribution in [0.1, 0.15) is 57.6 Å². The van der Waals surface area contributed by atoms with Crippen LogP contribution in [-0.4, -0.2) is 40.2 Å². The van der Waals surface area contributed by atoms with Crippen LogP contribution in [0.15, 0.2) is 18.2 Å². The number of anilines is 2. The SMILES string of the molecule is COC(=O)c1c(NC(=O)CCCN(c2ccc(C)c(C)c2)S(C)(=O)=O)sc2c1CCCC2. The number of sulfonamides is 1. The van der Waals surface area contributed by atoms with Crippen molar-refractivity contribution in [1.82, 2.24) is 0 Å². The summed E-state index contributed by atoms with van der Waals surface area (Å²) < 4.78 is 30.9. The Hall–Kier alpha value is -2.39. The molecule has 9 heteroatoms. The number of carbonyl (C=O) groups is 2. The van der Waals surface area contributed by atoms with E-state index in [4.69, 9.17) is 4.74 Å². The average molecular weight is 479 g/mol. The summed E-state index contributed by atoms with van der Waals surface area (Å²) in [6.07, 6.45) is 5.46. The highest BCUT2D eigenvalue weighted by Crippen LogP contribution is 2.38. The molecule has 32 heavy (non-hydrogen) atoms. The molecule has 0 bridgehead atoms. The molecule has 0 aliphatic heterocycles. The fourth-order valence-corrected chi connectivity index (χ4v) is 6.16. The van der Waals surface area contributed by atoms with Gasteiger partial charge in [-0.1, -0.05) is 6.07 Å². The number of methoxy groups -OCH3 is 1. The zero-order chi connectivity index (χ0) is 23.5. The summed E-state index contributed by atoms with van der Waals surface area (Å²) in [4.78, 5) is 26.1. The number of benzene rings is 1.